The van der Waals surface area contributed by atoms with Gasteiger partial charge in [-0.25, -0.2) is 9.18 Å². The van der Waals surface area contributed by atoms with E-state index in [1.165, 1.54) is 17.7 Å². The lowest BCUT2D eigenvalue weighted by molar-refractivity contribution is 0.140. The highest BCUT2D eigenvalue weighted by molar-refractivity contribution is 5.89. The molecule has 1 aliphatic heterocycles. The van der Waals surface area contributed by atoms with E-state index in [0.717, 1.165) is 11.3 Å². The number of rotatable bonds is 4. The number of hydrogen-bond donors (Lipinski definition) is 1. The Kier molecular flexibility index (Phi) is 5.76. The van der Waals surface area contributed by atoms with Crippen LogP contribution in [0.25, 0.3) is 11.5 Å². The largest absolute Gasteiger partial charge is 0.334 e. The van der Waals surface area contributed by atoms with Crippen LogP contribution in [0.1, 0.15) is 17.0 Å². The molecule has 0 atom stereocenters. The van der Waals surface area contributed by atoms with Gasteiger partial charge in [-0.3, -0.25) is 4.90 Å². The van der Waals surface area contributed by atoms with Gasteiger partial charge in [-0.1, -0.05) is 17.3 Å². The first-order valence-corrected chi connectivity index (χ1v) is 9.92. The summed E-state index contributed by atoms with van der Waals surface area (Å²) in [4.78, 5) is 20.9. The molecule has 0 saturated carbocycles. The highest BCUT2D eigenvalue weighted by Crippen LogP contribution is 2.19. The van der Waals surface area contributed by atoms with Gasteiger partial charge in [-0.05, 0) is 55.3 Å². The van der Waals surface area contributed by atoms with E-state index in [1.54, 1.807) is 17.0 Å². The Hall–Kier alpha value is -3.26. The first kappa shape index (κ1) is 20.0. The van der Waals surface area contributed by atoms with Crippen LogP contribution in [0.4, 0.5) is 14.9 Å². The van der Waals surface area contributed by atoms with Crippen molar-refractivity contribution < 1.29 is 13.7 Å². The SMILES string of the molecule is Cc1ccc(NC(=O)N2CCN(Cc3noc(-c4cccc(F)c4)n3)CC2)cc1C. The van der Waals surface area contributed by atoms with Crippen LogP contribution in [0.5, 0.6) is 0 Å². The Labute approximate surface area is 174 Å². The van der Waals surface area contributed by atoms with E-state index in [0.29, 0.717) is 50.0 Å². The Morgan fingerprint density at radius 1 is 1.10 bits per heavy atom. The number of amides is 2. The second-order valence-electron chi connectivity index (χ2n) is 7.52. The van der Waals surface area contributed by atoms with Crippen molar-refractivity contribution in [2.75, 3.05) is 31.5 Å². The van der Waals surface area contributed by atoms with E-state index < -0.39 is 0 Å². The number of aromatic nitrogens is 2. The number of nitrogens with zero attached hydrogens (tertiary/aromatic N) is 4. The van der Waals surface area contributed by atoms with Gasteiger partial charge in [0.25, 0.3) is 5.89 Å². The van der Waals surface area contributed by atoms with E-state index in [9.17, 15) is 9.18 Å². The second kappa shape index (κ2) is 8.62. The molecule has 2 amide bonds. The molecule has 0 aliphatic carbocycles. The van der Waals surface area contributed by atoms with E-state index in [1.807, 2.05) is 32.0 Å². The van der Waals surface area contributed by atoms with Gasteiger partial charge in [0.1, 0.15) is 5.82 Å². The number of carbonyl (C=O) groups is 1. The smallest absolute Gasteiger partial charge is 0.321 e. The lowest BCUT2D eigenvalue weighted by Crippen LogP contribution is -2.49. The molecule has 0 radical (unpaired) electrons. The predicted octanol–water partition coefficient (Wildman–Crippen LogP) is 3.84. The molecule has 0 bridgehead atoms. The molecule has 30 heavy (non-hydrogen) atoms. The predicted molar refractivity (Wildman–Crippen MR) is 111 cm³/mol. The highest BCUT2D eigenvalue weighted by atomic mass is 19.1. The van der Waals surface area contributed by atoms with Crippen molar-refractivity contribution in [2.24, 2.45) is 0 Å². The van der Waals surface area contributed by atoms with Gasteiger partial charge in [0, 0.05) is 37.4 Å². The van der Waals surface area contributed by atoms with Gasteiger partial charge < -0.3 is 14.7 Å². The molecule has 7 nitrogen and oxygen atoms in total. The lowest BCUT2D eigenvalue weighted by atomic mass is 10.1. The number of halogens is 1. The maximum Gasteiger partial charge on any atom is 0.321 e. The van der Waals surface area contributed by atoms with E-state index in [2.05, 4.69) is 20.4 Å². The van der Waals surface area contributed by atoms with Crippen molar-refractivity contribution in [3.8, 4) is 11.5 Å². The standard InChI is InChI=1S/C22H24FN5O2/c1-15-6-7-19(12-16(15)2)24-22(29)28-10-8-27(9-11-28)14-20-25-21(30-26-20)17-4-3-5-18(23)13-17/h3-7,12-13H,8-11,14H2,1-2H3,(H,24,29). The Morgan fingerprint density at radius 3 is 2.63 bits per heavy atom. The number of aryl methyl sites for hydroxylation is 2. The van der Waals surface area contributed by atoms with Crippen molar-refractivity contribution in [3.05, 3.63) is 65.2 Å². The van der Waals surface area contributed by atoms with Gasteiger partial charge in [-0.15, -0.1) is 0 Å². The average molecular weight is 409 g/mol. The van der Waals surface area contributed by atoms with Crippen LogP contribution in [-0.2, 0) is 6.54 Å². The fraction of sp³-hybridized carbons (Fsp3) is 0.318. The maximum absolute atomic E-state index is 13.4. The topological polar surface area (TPSA) is 74.5 Å². The van der Waals surface area contributed by atoms with Crippen LogP contribution in [-0.4, -0.2) is 52.2 Å². The van der Waals surface area contributed by atoms with Gasteiger partial charge >= 0.3 is 6.03 Å². The molecule has 8 heteroatoms. The van der Waals surface area contributed by atoms with Crippen molar-refractivity contribution in [2.45, 2.75) is 20.4 Å². The van der Waals surface area contributed by atoms with Gasteiger partial charge in [0.2, 0.25) is 0 Å². The second-order valence-corrected chi connectivity index (χ2v) is 7.52. The Bertz CT molecular complexity index is 1040. The number of benzene rings is 2. The van der Waals surface area contributed by atoms with Gasteiger partial charge in [0.05, 0.1) is 6.54 Å². The summed E-state index contributed by atoms with van der Waals surface area (Å²) in [5.41, 5.74) is 3.71. The van der Waals surface area contributed by atoms with Crippen LogP contribution in [0, 0.1) is 19.7 Å². The van der Waals surface area contributed by atoms with E-state index in [-0.39, 0.29) is 11.8 Å². The fourth-order valence-electron chi connectivity index (χ4n) is 3.39. The molecular weight excluding hydrogens is 385 g/mol. The highest BCUT2D eigenvalue weighted by Gasteiger charge is 2.22. The summed E-state index contributed by atoms with van der Waals surface area (Å²) in [5, 5.41) is 6.97. The molecule has 2 heterocycles. The number of hydrogen-bond acceptors (Lipinski definition) is 5. The zero-order valence-corrected chi connectivity index (χ0v) is 17.1. The van der Waals surface area contributed by atoms with Crippen molar-refractivity contribution in [3.63, 3.8) is 0 Å². The lowest BCUT2D eigenvalue weighted by Gasteiger charge is -2.34. The molecule has 1 N–H and O–H groups in total. The van der Waals surface area contributed by atoms with Crippen LogP contribution in [0.15, 0.2) is 47.0 Å². The summed E-state index contributed by atoms with van der Waals surface area (Å²) in [6.07, 6.45) is 0. The monoisotopic (exact) mass is 409 g/mol. The molecule has 2 aromatic carbocycles. The van der Waals surface area contributed by atoms with Crippen molar-refractivity contribution in [1.29, 1.82) is 0 Å². The van der Waals surface area contributed by atoms with Gasteiger partial charge in [0.15, 0.2) is 5.82 Å². The maximum atomic E-state index is 13.4. The third-order valence-electron chi connectivity index (χ3n) is 5.32. The molecule has 1 aromatic heterocycles. The van der Waals surface area contributed by atoms with Crippen LogP contribution >= 0.6 is 0 Å². The zero-order valence-electron chi connectivity index (χ0n) is 17.1. The number of piperazine rings is 1. The molecule has 1 aliphatic rings. The summed E-state index contributed by atoms with van der Waals surface area (Å²) in [6, 6.07) is 11.9. The summed E-state index contributed by atoms with van der Waals surface area (Å²) >= 11 is 0. The minimum atomic E-state index is -0.345. The molecule has 4 rings (SSSR count). The zero-order chi connectivity index (χ0) is 21.1. The third kappa shape index (κ3) is 4.65. The van der Waals surface area contributed by atoms with Crippen LogP contribution < -0.4 is 5.32 Å². The molecule has 0 spiro atoms. The third-order valence-corrected chi connectivity index (χ3v) is 5.32. The summed E-state index contributed by atoms with van der Waals surface area (Å²) < 4.78 is 18.6. The number of urea groups is 1. The van der Waals surface area contributed by atoms with Gasteiger partial charge in [-0.2, -0.15) is 4.98 Å². The molecular formula is C22H24FN5O2. The van der Waals surface area contributed by atoms with Crippen LogP contribution in [0.2, 0.25) is 0 Å². The summed E-state index contributed by atoms with van der Waals surface area (Å²) in [5.74, 6) is 0.501. The number of carbonyl (C=O) groups excluding carboxylic acids is 1. The minimum Gasteiger partial charge on any atom is -0.334 e. The number of anilines is 1. The van der Waals surface area contributed by atoms with E-state index >= 15 is 0 Å². The normalized spacial score (nSPS) is 14.7. The quantitative estimate of drug-likeness (QED) is 0.709. The molecule has 3 aromatic rings. The molecule has 156 valence electrons. The number of nitrogens with one attached hydrogen (secondary N) is 1. The molecule has 0 unspecified atom stereocenters. The Balaban J connectivity index is 1.29. The molecule has 1 fully saturated rings. The minimum absolute atomic E-state index is 0.0918. The van der Waals surface area contributed by atoms with Crippen molar-refractivity contribution >= 4 is 11.7 Å². The van der Waals surface area contributed by atoms with Crippen molar-refractivity contribution in [1.82, 2.24) is 19.9 Å². The van der Waals surface area contributed by atoms with Crippen LogP contribution in [0.3, 0.4) is 0 Å². The molecule has 1 saturated heterocycles. The summed E-state index contributed by atoms with van der Waals surface area (Å²) in [6.45, 7) is 7.25. The first-order valence-electron chi connectivity index (χ1n) is 9.92. The summed E-state index contributed by atoms with van der Waals surface area (Å²) in [7, 11) is 0. The first-order chi connectivity index (χ1) is 14.5. The Morgan fingerprint density at radius 2 is 1.90 bits per heavy atom. The average Bonchev–Trinajstić information content (AvgIpc) is 3.20. The fourth-order valence-corrected chi connectivity index (χ4v) is 3.39. The van der Waals surface area contributed by atoms with E-state index in [4.69, 9.17) is 4.52 Å².